The summed E-state index contributed by atoms with van der Waals surface area (Å²) >= 11 is 0. The average molecular weight is 434 g/mol. The number of carbonyl (C=O) groups is 2. The number of carbonyl (C=O) groups excluding carboxylic acids is 2. The summed E-state index contributed by atoms with van der Waals surface area (Å²) in [4.78, 5) is 28.9. The van der Waals surface area contributed by atoms with Gasteiger partial charge in [0.25, 0.3) is 5.91 Å². The Hall–Kier alpha value is -3.15. The minimum absolute atomic E-state index is 0.0854. The molecule has 5 rings (SSSR count). The van der Waals surface area contributed by atoms with Crippen LogP contribution in [0.15, 0.2) is 54.6 Å². The van der Waals surface area contributed by atoms with Crippen LogP contribution < -0.4 is 10.2 Å². The third-order valence-corrected chi connectivity index (χ3v) is 6.97. The van der Waals surface area contributed by atoms with Crippen LogP contribution in [0.5, 0.6) is 0 Å². The van der Waals surface area contributed by atoms with Crippen LogP contribution in [0.25, 0.3) is 10.9 Å². The Morgan fingerprint density at radius 1 is 1.03 bits per heavy atom. The van der Waals surface area contributed by atoms with Crippen LogP contribution in [0, 0.1) is 5.82 Å². The molecule has 5 nitrogen and oxygen atoms in total. The van der Waals surface area contributed by atoms with Gasteiger partial charge in [0, 0.05) is 16.9 Å². The molecule has 166 valence electrons. The van der Waals surface area contributed by atoms with Crippen molar-refractivity contribution in [2.75, 3.05) is 4.90 Å². The van der Waals surface area contributed by atoms with Crippen LogP contribution in [0.1, 0.15) is 55.9 Å². The van der Waals surface area contributed by atoms with E-state index in [1.807, 2.05) is 34.9 Å². The number of fused-ring (bicyclic) bond motifs is 3. The van der Waals surface area contributed by atoms with Crippen molar-refractivity contribution in [1.29, 1.82) is 0 Å². The van der Waals surface area contributed by atoms with Crippen molar-refractivity contribution >= 4 is 28.4 Å². The Labute approximate surface area is 187 Å². The zero-order valence-electron chi connectivity index (χ0n) is 18.3. The minimum Gasteiger partial charge on any atom is -0.351 e. The van der Waals surface area contributed by atoms with Crippen LogP contribution in [-0.2, 0) is 11.3 Å². The first-order chi connectivity index (χ1) is 15.5. The number of nitrogens with one attached hydrogen (secondary N) is 1. The highest BCUT2D eigenvalue weighted by molar-refractivity contribution is 6.14. The van der Waals surface area contributed by atoms with E-state index in [0.29, 0.717) is 5.69 Å². The summed E-state index contributed by atoms with van der Waals surface area (Å²) < 4.78 is 16.8. The van der Waals surface area contributed by atoms with Crippen LogP contribution in [-0.4, -0.2) is 28.0 Å². The molecular formula is C26H28FN3O2. The van der Waals surface area contributed by atoms with Gasteiger partial charge in [-0.3, -0.25) is 14.5 Å². The van der Waals surface area contributed by atoms with Gasteiger partial charge in [-0.1, -0.05) is 56.0 Å². The molecule has 6 heteroatoms. The third kappa shape index (κ3) is 3.38. The molecule has 1 N–H and O–H groups in total. The first kappa shape index (κ1) is 20.7. The van der Waals surface area contributed by atoms with E-state index in [9.17, 15) is 14.0 Å². The maximum absolute atomic E-state index is 14.9. The fourth-order valence-corrected chi connectivity index (χ4v) is 5.22. The molecular weight excluding hydrogens is 405 g/mol. The third-order valence-electron chi connectivity index (χ3n) is 6.97. The summed E-state index contributed by atoms with van der Waals surface area (Å²) in [6, 6.07) is 15.8. The fourth-order valence-electron chi connectivity index (χ4n) is 5.22. The van der Waals surface area contributed by atoms with Crippen molar-refractivity contribution in [2.24, 2.45) is 0 Å². The molecule has 2 aliphatic rings. The smallest absolute Gasteiger partial charge is 0.276 e. The molecule has 0 saturated heterocycles. The molecule has 1 aliphatic carbocycles. The topological polar surface area (TPSA) is 54.3 Å². The quantitative estimate of drug-likeness (QED) is 0.589. The highest BCUT2D eigenvalue weighted by atomic mass is 19.1. The highest BCUT2D eigenvalue weighted by Crippen LogP contribution is 2.37. The number of anilines is 1. The van der Waals surface area contributed by atoms with E-state index in [1.54, 1.807) is 25.1 Å². The summed E-state index contributed by atoms with van der Waals surface area (Å²) in [5.41, 5.74) is 0.236. The van der Waals surface area contributed by atoms with Gasteiger partial charge in [0.05, 0.1) is 12.2 Å². The summed E-state index contributed by atoms with van der Waals surface area (Å²) in [5.74, 6) is -1.11. The summed E-state index contributed by atoms with van der Waals surface area (Å²) in [6.07, 6.45) is 6.42. The summed E-state index contributed by atoms with van der Waals surface area (Å²) in [7, 11) is 0. The molecule has 32 heavy (non-hydrogen) atoms. The largest absolute Gasteiger partial charge is 0.351 e. The number of para-hydroxylation sites is 2. The number of amides is 2. The molecule has 2 amide bonds. The lowest BCUT2D eigenvalue weighted by Crippen LogP contribution is -2.65. The van der Waals surface area contributed by atoms with E-state index in [0.717, 1.165) is 36.6 Å². The molecule has 1 aliphatic heterocycles. The molecule has 1 saturated carbocycles. The van der Waals surface area contributed by atoms with Crippen molar-refractivity contribution < 1.29 is 14.0 Å². The SMILES string of the molecule is C[C@@]1(C(=O)NC2CCCCCC2)Cn2c(cc3ccccc32)C(=O)N1c1ccccc1F. The monoisotopic (exact) mass is 433 g/mol. The minimum atomic E-state index is -1.26. The lowest BCUT2D eigenvalue weighted by Gasteiger charge is -2.44. The first-order valence-corrected chi connectivity index (χ1v) is 11.5. The molecule has 0 radical (unpaired) electrons. The zero-order valence-corrected chi connectivity index (χ0v) is 18.3. The Morgan fingerprint density at radius 3 is 2.47 bits per heavy atom. The van der Waals surface area contributed by atoms with E-state index in [4.69, 9.17) is 0 Å². The molecule has 0 spiro atoms. The summed E-state index contributed by atoms with van der Waals surface area (Å²) in [6.45, 7) is 2.01. The zero-order chi connectivity index (χ0) is 22.3. The number of nitrogens with zero attached hydrogens (tertiary/aromatic N) is 2. The highest BCUT2D eigenvalue weighted by Gasteiger charge is 2.49. The predicted molar refractivity (Wildman–Crippen MR) is 123 cm³/mol. The van der Waals surface area contributed by atoms with Crippen LogP contribution in [0.3, 0.4) is 0 Å². The van der Waals surface area contributed by atoms with Crippen molar-refractivity contribution in [3.63, 3.8) is 0 Å². The van der Waals surface area contributed by atoms with Gasteiger partial charge in [0.2, 0.25) is 5.91 Å². The number of hydrogen-bond acceptors (Lipinski definition) is 2. The number of hydrogen-bond donors (Lipinski definition) is 1. The van der Waals surface area contributed by atoms with Gasteiger partial charge in [0.15, 0.2) is 0 Å². The molecule has 0 bridgehead atoms. The number of benzene rings is 2. The molecule has 2 aromatic carbocycles. The average Bonchev–Trinajstić information content (AvgIpc) is 2.96. The van der Waals surface area contributed by atoms with Crippen LogP contribution in [0.4, 0.5) is 10.1 Å². The van der Waals surface area contributed by atoms with Crippen molar-refractivity contribution in [3.8, 4) is 0 Å². The Morgan fingerprint density at radius 2 is 1.72 bits per heavy atom. The lowest BCUT2D eigenvalue weighted by molar-refractivity contribution is -0.127. The maximum atomic E-state index is 14.9. The van der Waals surface area contributed by atoms with Gasteiger partial charge in [-0.05, 0) is 44.0 Å². The van der Waals surface area contributed by atoms with Gasteiger partial charge < -0.3 is 9.88 Å². The molecule has 0 unspecified atom stereocenters. The molecule has 1 atom stereocenters. The number of halogens is 1. The van der Waals surface area contributed by atoms with Crippen molar-refractivity contribution in [3.05, 3.63) is 66.1 Å². The fraction of sp³-hybridized carbons (Fsp3) is 0.385. The predicted octanol–water partition coefficient (Wildman–Crippen LogP) is 5.04. The van der Waals surface area contributed by atoms with Gasteiger partial charge in [-0.25, -0.2) is 4.39 Å². The lowest BCUT2D eigenvalue weighted by atomic mass is 9.92. The molecule has 2 heterocycles. The normalized spacial score (nSPS) is 21.9. The number of aromatic nitrogens is 1. The molecule has 1 aromatic heterocycles. The van der Waals surface area contributed by atoms with E-state index in [-0.39, 0.29) is 30.1 Å². The summed E-state index contributed by atoms with van der Waals surface area (Å²) in [5, 5.41) is 4.14. The Balaban J connectivity index is 1.61. The van der Waals surface area contributed by atoms with Gasteiger partial charge in [-0.15, -0.1) is 0 Å². The van der Waals surface area contributed by atoms with Crippen molar-refractivity contribution in [2.45, 2.75) is 63.6 Å². The van der Waals surface area contributed by atoms with Gasteiger partial charge >= 0.3 is 0 Å². The van der Waals surface area contributed by atoms with E-state index < -0.39 is 11.4 Å². The maximum Gasteiger partial charge on any atom is 0.276 e. The number of rotatable bonds is 3. The van der Waals surface area contributed by atoms with Gasteiger partial charge in [0.1, 0.15) is 17.1 Å². The first-order valence-electron chi connectivity index (χ1n) is 11.5. The van der Waals surface area contributed by atoms with Crippen molar-refractivity contribution in [1.82, 2.24) is 9.88 Å². The Bertz CT molecular complexity index is 1180. The second-order valence-corrected chi connectivity index (χ2v) is 9.20. The second-order valence-electron chi connectivity index (χ2n) is 9.20. The van der Waals surface area contributed by atoms with Crippen LogP contribution in [0.2, 0.25) is 0 Å². The Kier molecular flexibility index (Phi) is 5.24. The van der Waals surface area contributed by atoms with E-state index in [2.05, 4.69) is 5.32 Å². The molecule has 1 fully saturated rings. The van der Waals surface area contributed by atoms with Gasteiger partial charge in [-0.2, -0.15) is 0 Å². The standard InChI is InChI=1S/C26H28FN3O2/c1-26(25(32)28-19-11-4-2-3-5-12-19)17-29-21-14-8-6-10-18(21)16-23(29)24(31)30(26)22-15-9-7-13-20(22)27/h6-10,13-16,19H,2-5,11-12,17H2,1H3,(H,28,32)/t26-/m0/s1. The van der Waals surface area contributed by atoms with Crippen LogP contribution >= 0.6 is 0 Å². The van der Waals surface area contributed by atoms with E-state index >= 15 is 0 Å². The van der Waals surface area contributed by atoms with E-state index in [1.165, 1.54) is 23.8 Å². The molecule has 3 aromatic rings. The second kappa shape index (κ2) is 8.08.